The molecule has 2 N–H and O–H groups in total. The Bertz CT molecular complexity index is 458. The van der Waals surface area contributed by atoms with E-state index >= 15 is 0 Å². The third-order valence-corrected chi connectivity index (χ3v) is 4.56. The van der Waals surface area contributed by atoms with Crippen LogP contribution in [0.3, 0.4) is 0 Å². The van der Waals surface area contributed by atoms with Crippen molar-refractivity contribution in [3.05, 3.63) is 30.3 Å². The number of nitrogens with one attached hydrogen (secondary N) is 1. The van der Waals surface area contributed by atoms with Crippen LogP contribution in [0.2, 0.25) is 0 Å². The van der Waals surface area contributed by atoms with Crippen LogP contribution in [-0.2, 0) is 10.0 Å². The molecule has 0 spiro atoms. The third kappa shape index (κ3) is 3.28. The van der Waals surface area contributed by atoms with Gasteiger partial charge in [0.1, 0.15) is 0 Å². The fourth-order valence-corrected chi connectivity index (χ4v) is 3.46. The first kappa shape index (κ1) is 12.5. The summed E-state index contributed by atoms with van der Waals surface area (Å²) in [6.45, 7) is 0. The van der Waals surface area contributed by atoms with Gasteiger partial charge in [-0.2, -0.15) is 0 Å². The van der Waals surface area contributed by atoms with Gasteiger partial charge in [0.2, 0.25) is 10.0 Å². The molecule has 0 unspecified atom stereocenters. The Balaban J connectivity index is 2.07. The number of hydrogen-bond acceptors (Lipinski definition) is 3. The van der Waals surface area contributed by atoms with Gasteiger partial charge in [-0.1, -0.05) is 18.2 Å². The molecule has 1 fully saturated rings. The largest absolute Gasteiger partial charge is 0.393 e. The van der Waals surface area contributed by atoms with Crippen LogP contribution in [0, 0.1) is 0 Å². The van der Waals surface area contributed by atoms with E-state index in [2.05, 4.69) is 4.72 Å². The molecule has 5 heteroatoms. The van der Waals surface area contributed by atoms with Crippen molar-refractivity contribution < 1.29 is 13.5 Å². The quantitative estimate of drug-likeness (QED) is 0.854. The molecule has 0 radical (unpaired) electrons. The average Bonchev–Trinajstić information content (AvgIpc) is 2.29. The Labute approximate surface area is 102 Å². The minimum atomic E-state index is -3.44. The summed E-state index contributed by atoms with van der Waals surface area (Å²) >= 11 is 0. The maximum absolute atomic E-state index is 12.0. The first-order valence-electron chi connectivity index (χ1n) is 5.83. The number of sulfonamides is 1. The Morgan fingerprint density at radius 1 is 1.18 bits per heavy atom. The fourth-order valence-electron chi connectivity index (χ4n) is 2.16. The maximum Gasteiger partial charge on any atom is 0.240 e. The smallest absolute Gasteiger partial charge is 0.240 e. The normalized spacial score (nSPS) is 25.7. The van der Waals surface area contributed by atoms with Gasteiger partial charge in [0.05, 0.1) is 11.0 Å². The standard InChI is InChI=1S/C12H17NO3S/c14-11-6-4-5-10(9-11)13-17(15,16)12-7-2-1-3-8-12/h1-3,7-8,10-11,13-14H,4-6,9H2/t10-,11-/m1/s1. The molecule has 4 nitrogen and oxygen atoms in total. The molecule has 2 atom stereocenters. The van der Waals surface area contributed by atoms with E-state index in [9.17, 15) is 13.5 Å². The number of benzene rings is 1. The molecule has 0 aliphatic heterocycles. The second-order valence-electron chi connectivity index (χ2n) is 4.45. The lowest BCUT2D eigenvalue weighted by Crippen LogP contribution is -2.39. The van der Waals surface area contributed by atoms with Crippen molar-refractivity contribution in [3.63, 3.8) is 0 Å². The highest BCUT2D eigenvalue weighted by Crippen LogP contribution is 2.20. The van der Waals surface area contributed by atoms with Gasteiger partial charge in [0.15, 0.2) is 0 Å². The Hall–Kier alpha value is -0.910. The van der Waals surface area contributed by atoms with Crippen LogP contribution in [0.5, 0.6) is 0 Å². The molecule has 1 aromatic carbocycles. The van der Waals surface area contributed by atoms with Crippen LogP contribution >= 0.6 is 0 Å². The number of aliphatic hydroxyl groups excluding tert-OH is 1. The predicted octanol–water partition coefficient (Wildman–Crippen LogP) is 1.27. The molecule has 17 heavy (non-hydrogen) atoms. The zero-order valence-electron chi connectivity index (χ0n) is 9.54. The number of hydrogen-bond donors (Lipinski definition) is 2. The van der Waals surface area contributed by atoms with Crippen molar-refractivity contribution in [1.82, 2.24) is 4.72 Å². The van der Waals surface area contributed by atoms with Gasteiger partial charge in [-0.3, -0.25) is 0 Å². The van der Waals surface area contributed by atoms with Gasteiger partial charge in [-0.15, -0.1) is 0 Å². The zero-order valence-corrected chi connectivity index (χ0v) is 10.4. The molecule has 0 amide bonds. The van der Waals surface area contributed by atoms with E-state index in [1.165, 1.54) is 0 Å². The van der Waals surface area contributed by atoms with E-state index in [0.29, 0.717) is 6.42 Å². The molecule has 1 saturated carbocycles. The molecule has 94 valence electrons. The van der Waals surface area contributed by atoms with Gasteiger partial charge in [-0.05, 0) is 37.8 Å². The Kier molecular flexibility index (Phi) is 3.81. The van der Waals surface area contributed by atoms with Crippen molar-refractivity contribution in [2.24, 2.45) is 0 Å². The highest BCUT2D eigenvalue weighted by molar-refractivity contribution is 7.89. The van der Waals surface area contributed by atoms with Crippen molar-refractivity contribution in [1.29, 1.82) is 0 Å². The highest BCUT2D eigenvalue weighted by atomic mass is 32.2. The molecule has 2 rings (SSSR count). The summed E-state index contributed by atoms with van der Waals surface area (Å²) in [7, 11) is -3.44. The zero-order chi connectivity index (χ0) is 12.3. The van der Waals surface area contributed by atoms with Crippen LogP contribution in [0.4, 0.5) is 0 Å². The summed E-state index contributed by atoms with van der Waals surface area (Å²) in [6.07, 6.45) is 2.55. The van der Waals surface area contributed by atoms with Crippen molar-refractivity contribution in [2.45, 2.75) is 42.7 Å². The topological polar surface area (TPSA) is 66.4 Å². The van der Waals surface area contributed by atoms with Crippen molar-refractivity contribution in [3.8, 4) is 0 Å². The van der Waals surface area contributed by atoms with Gasteiger partial charge in [0.25, 0.3) is 0 Å². The van der Waals surface area contributed by atoms with Crippen LogP contribution in [0.1, 0.15) is 25.7 Å². The maximum atomic E-state index is 12.0. The number of rotatable bonds is 3. The van der Waals surface area contributed by atoms with Crippen molar-refractivity contribution in [2.75, 3.05) is 0 Å². The molecule has 1 aliphatic carbocycles. The van der Waals surface area contributed by atoms with E-state index < -0.39 is 10.0 Å². The van der Waals surface area contributed by atoms with Crippen molar-refractivity contribution >= 4 is 10.0 Å². The first-order chi connectivity index (χ1) is 8.08. The van der Waals surface area contributed by atoms with Gasteiger partial charge in [-0.25, -0.2) is 13.1 Å². The lowest BCUT2D eigenvalue weighted by atomic mass is 9.94. The summed E-state index contributed by atoms with van der Waals surface area (Å²) in [5.41, 5.74) is 0. The molecule has 1 aromatic rings. The van der Waals surface area contributed by atoms with E-state index in [1.807, 2.05) is 0 Å². The fraction of sp³-hybridized carbons (Fsp3) is 0.500. The van der Waals surface area contributed by atoms with Gasteiger partial charge >= 0.3 is 0 Å². The lowest BCUT2D eigenvalue weighted by molar-refractivity contribution is 0.117. The monoisotopic (exact) mass is 255 g/mol. The van der Waals surface area contributed by atoms with E-state index in [0.717, 1.165) is 19.3 Å². The highest BCUT2D eigenvalue weighted by Gasteiger charge is 2.25. The van der Waals surface area contributed by atoms with Crippen LogP contribution < -0.4 is 4.72 Å². The predicted molar refractivity (Wildman–Crippen MR) is 65.0 cm³/mol. The minimum Gasteiger partial charge on any atom is -0.393 e. The number of aliphatic hydroxyl groups is 1. The van der Waals surface area contributed by atoms with Crippen LogP contribution in [-0.4, -0.2) is 25.7 Å². The molecule has 0 bridgehead atoms. The SMILES string of the molecule is O=S(=O)(N[C@@H]1CCC[C@@H](O)C1)c1ccccc1. The van der Waals surface area contributed by atoms with E-state index in [1.54, 1.807) is 30.3 Å². The molecular formula is C12H17NO3S. The summed E-state index contributed by atoms with van der Waals surface area (Å²) in [4.78, 5) is 0.278. The molecule has 0 aromatic heterocycles. The van der Waals surface area contributed by atoms with E-state index in [4.69, 9.17) is 0 Å². The lowest BCUT2D eigenvalue weighted by Gasteiger charge is -2.26. The molecule has 0 heterocycles. The Morgan fingerprint density at radius 2 is 1.88 bits per heavy atom. The summed E-state index contributed by atoms with van der Waals surface area (Å²) in [6, 6.07) is 8.17. The average molecular weight is 255 g/mol. The Morgan fingerprint density at radius 3 is 2.53 bits per heavy atom. The first-order valence-corrected chi connectivity index (χ1v) is 7.32. The second-order valence-corrected chi connectivity index (χ2v) is 6.17. The summed E-state index contributed by atoms with van der Waals surface area (Å²) in [5, 5.41) is 9.51. The molecule has 0 saturated heterocycles. The summed E-state index contributed by atoms with van der Waals surface area (Å²) in [5.74, 6) is 0. The van der Waals surface area contributed by atoms with E-state index in [-0.39, 0.29) is 17.0 Å². The third-order valence-electron chi connectivity index (χ3n) is 3.02. The molecule has 1 aliphatic rings. The van der Waals surface area contributed by atoms with Crippen LogP contribution in [0.25, 0.3) is 0 Å². The minimum absolute atomic E-state index is 0.149. The summed E-state index contributed by atoms with van der Waals surface area (Å²) < 4.78 is 26.7. The van der Waals surface area contributed by atoms with Gasteiger partial charge < -0.3 is 5.11 Å². The molecular weight excluding hydrogens is 238 g/mol. The van der Waals surface area contributed by atoms with Crippen LogP contribution in [0.15, 0.2) is 35.2 Å². The van der Waals surface area contributed by atoms with Gasteiger partial charge in [0, 0.05) is 6.04 Å². The second kappa shape index (κ2) is 5.16.